The number of methoxy groups -OCH3 is 1. The molecule has 4 nitrogen and oxygen atoms in total. The normalized spacial score (nSPS) is 29.1. The summed E-state index contributed by atoms with van der Waals surface area (Å²) in [5.41, 5.74) is -1.24. The van der Waals surface area contributed by atoms with Gasteiger partial charge in [0.15, 0.2) is 5.76 Å². The molecule has 1 heterocycles. The zero-order valence-corrected chi connectivity index (χ0v) is 10.1. The van der Waals surface area contributed by atoms with Gasteiger partial charge in [0, 0.05) is 12.3 Å². The fourth-order valence-electron chi connectivity index (χ4n) is 2.26. The van der Waals surface area contributed by atoms with Crippen molar-refractivity contribution < 1.29 is 22.8 Å². The van der Waals surface area contributed by atoms with E-state index in [2.05, 4.69) is 9.89 Å². The third-order valence-electron chi connectivity index (χ3n) is 3.84. The van der Waals surface area contributed by atoms with Gasteiger partial charge < -0.3 is 9.26 Å². The molecule has 0 radical (unpaired) electrons. The van der Waals surface area contributed by atoms with E-state index in [1.807, 2.05) is 0 Å². The first kappa shape index (κ1) is 11.6. The van der Waals surface area contributed by atoms with Crippen molar-refractivity contribution in [2.24, 2.45) is 0 Å². The number of hydrogen-bond donors (Lipinski definition) is 0. The van der Waals surface area contributed by atoms with Gasteiger partial charge in [0.05, 0.1) is 12.5 Å². The molecule has 0 N–H and O–H groups in total. The Kier molecular flexibility index (Phi) is 2.13. The summed E-state index contributed by atoms with van der Waals surface area (Å²) in [6, 6.07) is 0. The van der Waals surface area contributed by atoms with Gasteiger partial charge in [-0.25, -0.2) is 13.6 Å². The second-order valence-corrected chi connectivity index (χ2v) is 5.25. The third kappa shape index (κ3) is 1.41. The molecule has 18 heavy (non-hydrogen) atoms. The highest BCUT2D eigenvalue weighted by atomic mass is 19.3. The van der Waals surface area contributed by atoms with E-state index >= 15 is 0 Å². The summed E-state index contributed by atoms with van der Waals surface area (Å²) >= 11 is 0. The first-order chi connectivity index (χ1) is 8.40. The summed E-state index contributed by atoms with van der Waals surface area (Å²) < 4.78 is 36.6. The molecule has 2 aliphatic rings. The standard InChI is InChI=1S/C12H13F2NO3/c1-11(5-12(11,13)14)9-7(10(16)17-2)8(18-15-9)6-3-4-6/h6H,3-5H2,1-2H3. The highest BCUT2D eigenvalue weighted by molar-refractivity contribution is 5.92. The van der Waals surface area contributed by atoms with Crippen LogP contribution in [0.25, 0.3) is 0 Å². The van der Waals surface area contributed by atoms with E-state index in [4.69, 9.17) is 4.52 Å². The minimum Gasteiger partial charge on any atom is -0.465 e. The lowest BCUT2D eigenvalue weighted by Crippen LogP contribution is -2.17. The minimum atomic E-state index is -2.83. The van der Waals surface area contributed by atoms with Crippen LogP contribution >= 0.6 is 0 Å². The summed E-state index contributed by atoms with van der Waals surface area (Å²) in [6.07, 6.45) is 1.48. The van der Waals surface area contributed by atoms with Gasteiger partial charge in [0.2, 0.25) is 0 Å². The van der Waals surface area contributed by atoms with Crippen molar-refractivity contribution in [1.82, 2.24) is 5.16 Å². The van der Waals surface area contributed by atoms with Gasteiger partial charge in [0.25, 0.3) is 5.92 Å². The van der Waals surface area contributed by atoms with Crippen molar-refractivity contribution in [3.63, 3.8) is 0 Å². The Balaban J connectivity index is 2.08. The summed E-state index contributed by atoms with van der Waals surface area (Å²) in [4.78, 5) is 11.8. The van der Waals surface area contributed by atoms with Gasteiger partial charge in [-0.15, -0.1) is 0 Å². The molecule has 1 aromatic heterocycles. The number of carbonyl (C=O) groups is 1. The third-order valence-corrected chi connectivity index (χ3v) is 3.84. The van der Waals surface area contributed by atoms with Gasteiger partial charge in [-0.05, 0) is 19.8 Å². The molecule has 0 spiro atoms. The summed E-state index contributed by atoms with van der Waals surface area (Å²) in [6.45, 7) is 1.40. The van der Waals surface area contributed by atoms with Crippen LogP contribution in [0.5, 0.6) is 0 Å². The fourth-order valence-corrected chi connectivity index (χ4v) is 2.26. The van der Waals surface area contributed by atoms with Gasteiger partial charge in [-0.2, -0.15) is 0 Å². The number of esters is 1. The van der Waals surface area contributed by atoms with Crippen molar-refractivity contribution in [3.05, 3.63) is 17.0 Å². The van der Waals surface area contributed by atoms with E-state index < -0.39 is 17.3 Å². The van der Waals surface area contributed by atoms with Crippen molar-refractivity contribution in [1.29, 1.82) is 0 Å². The second-order valence-electron chi connectivity index (χ2n) is 5.25. The van der Waals surface area contributed by atoms with Crippen LogP contribution in [0.2, 0.25) is 0 Å². The Bertz CT molecular complexity index is 521. The Labute approximate surface area is 102 Å². The minimum absolute atomic E-state index is 0.0428. The maximum atomic E-state index is 13.4. The van der Waals surface area contributed by atoms with E-state index in [0.717, 1.165) is 12.8 Å². The smallest absolute Gasteiger partial charge is 0.343 e. The maximum Gasteiger partial charge on any atom is 0.343 e. The van der Waals surface area contributed by atoms with Crippen molar-refractivity contribution >= 4 is 5.97 Å². The zero-order valence-electron chi connectivity index (χ0n) is 10.1. The molecule has 2 saturated carbocycles. The molecule has 0 saturated heterocycles. The molecular formula is C12H13F2NO3. The second kappa shape index (κ2) is 3.30. The lowest BCUT2D eigenvalue weighted by Gasteiger charge is -2.08. The van der Waals surface area contributed by atoms with E-state index in [1.54, 1.807) is 0 Å². The molecule has 0 aliphatic heterocycles. The van der Waals surface area contributed by atoms with E-state index in [1.165, 1.54) is 14.0 Å². The highest BCUT2D eigenvalue weighted by Gasteiger charge is 2.71. The van der Waals surface area contributed by atoms with Gasteiger partial charge in [-0.1, -0.05) is 5.16 Å². The predicted octanol–water partition coefficient (Wildman–Crippen LogP) is 2.64. The molecule has 6 heteroatoms. The SMILES string of the molecule is COC(=O)c1c(C2(C)CC2(F)F)noc1C1CC1. The van der Waals surface area contributed by atoms with Crippen LogP contribution in [0.4, 0.5) is 8.78 Å². The van der Waals surface area contributed by atoms with Crippen molar-refractivity contribution in [2.45, 2.75) is 43.4 Å². The Morgan fingerprint density at radius 1 is 1.50 bits per heavy atom. The van der Waals surface area contributed by atoms with Crippen molar-refractivity contribution in [2.75, 3.05) is 7.11 Å². The number of nitrogens with zero attached hydrogens (tertiary/aromatic N) is 1. The first-order valence-electron chi connectivity index (χ1n) is 5.87. The topological polar surface area (TPSA) is 52.3 Å². The molecule has 1 atom stereocenters. The van der Waals surface area contributed by atoms with E-state index in [0.29, 0.717) is 5.76 Å². The predicted molar refractivity (Wildman–Crippen MR) is 56.7 cm³/mol. The molecule has 1 unspecified atom stereocenters. The van der Waals surface area contributed by atoms with Crippen LogP contribution in [-0.4, -0.2) is 24.2 Å². The summed E-state index contributed by atoms with van der Waals surface area (Å²) in [5, 5.41) is 3.72. The number of ether oxygens (including phenoxy) is 1. The number of hydrogen-bond acceptors (Lipinski definition) is 4. The van der Waals surface area contributed by atoms with E-state index in [9.17, 15) is 13.6 Å². The number of aromatic nitrogens is 1. The first-order valence-corrected chi connectivity index (χ1v) is 5.87. The molecule has 2 fully saturated rings. The number of rotatable bonds is 3. The highest BCUT2D eigenvalue weighted by Crippen LogP contribution is 2.62. The van der Waals surface area contributed by atoms with Gasteiger partial charge in [-0.3, -0.25) is 0 Å². The summed E-state index contributed by atoms with van der Waals surface area (Å²) in [5.74, 6) is -2.94. The molecule has 1 aromatic rings. The fraction of sp³-hybridized carbons (Fsp3) is 0.667. The Morgan fingerprint density at radius 2 is 2.11 bits per heavy atom. The monoisotopic (exact) mass is 257 g/mol. The average Bonchev–Trinajstić information content (AvgIpc) is 3.17. The van der Waals surface area contributed by atoms with Gasteiger partial charge in [0.1, 0.15) is 11.3 Å². The van der Waals surface area contributed by atoms with Gasteiger partial charge >= 0.3 is 5.97 Å². The lowest BCUT2D eigenvalue weighted by atomic mass is 9.98. The Morgan fingerprint density at radius 3 is 2.56 bits per heavy atom. The van der Waals surface area contributed by atoms with Crippen LogP contribution in [-0.2, 0) is 10.2 Å². The average molecular weight is 257 g/mol. The number of carbonyl (C=O) groups excluding carboxylic acids is 1. The molecule has 0 bridgehead atoms. The molecule has 98 valence electrons. The van der Waals surface area contributed by atoms with E-state index in [-0.39, 0.29) is 23.6 Å². The molecule has 0 aromatic carbocycles. The lowest BCUT2D eigenvalue weighted by molar-refractivity contribution is 0.0593. The van der Waals surface area contributed by atoms with Crippen molar-refractivity contribution in [3.8, 4) is 0 Å². The Hall–Kier alpha value is -1.46. The van der Waals surface area contributed by atoms with Crippen LogP contribution in [0.15, 0.2) is 4.52 Å². The summed E-state index contributed by atoms with van der Waals surface area (Å²) in [7, 11) is 1.23. The largest absolute Gasteiger partial charge is 0.465 e. The number of halogens is 2. The number of alkyl halides is 2. The molecule has 3 rings (SSSR count). The molecular weight excluding hydrogens is 244 g/mol. The maximum absolute atomic E-state index is 13.4. The zero-order chi connectivity index (χ0) is 13.1. The quantitative estimate of drug-likeness (QED) is 0.781. The molecule has 2 aliphatic carbocycles. The van der Waals surface area contributed by atoms with Crippen LogP contribution < -0.4 is 0 Å². The van der Waals surface area contributed by atoms with Crippen LogP contribution in [0.3, 0.4) is 0 Å². The molecule has 0 amide bonds. The van der Waals surface area contributed by atoms with Crippen LogP contribution in [0.1, 0.15) is 53.9 Å². The van der Waals surface area contributed by atoms with Crippen LogP contribution in [0, 0.1) is 0 Å².